The van der Waals surface area contributed by atoms with Crippen molar-refractivity contribution in [1.29, 1.82) is 0 Å². The number of benzene rings is 1. The monoisotopic (exact) mass is 287 g/mol. The van der Waals surface area contributed by atoms with Crippen molar-refractivity contribution in [3.05, 3.63) is 35.9 Å². The van der Waals surface area contributed by atoms with Gasteiger partial charge >= 0.3 is 6.18 Å². The third kappa shape index (κ3) is 5.16. The Morgan fingerprint density at radius 2 is 1.70 bits per heavy atom. The van der Waals surface area contributed by atoms with Gasteiger partial charge in [0.25, 0.3) is 0 Å². The zero-order valence-electron chi connectivity index (χ0n) is 12.4. The van der Waals surface area contributed by atoms with Crippen LogP contribution < -0.4 is 5.32 Å². The molecule has 1 aromatic rings. The number of alkyl halides is 3. The van der Waals surface area contributed by atoms with E-state index in [4.69, 9.17) is 0 Å². The zero-order chi connectivity index (χ0) is 15.2. The number of likely N-dealkylation sites (N-methyl/N-ethyl adjacent to an activating group) is 1. The first-order chi connectivity index (χ1) is 9.27. The summed E-state index contributed by atoms with van der Waals surface area (Å²) in [4.78, 5) is 0. The minimum absolute atomic E-state index is 0.0391. The van der Waals surface area contributed by atoms with E-state index < -0.39 is 12.6 Å². The second-order valence-electron chi connectivity index (χ2n) is 5.71. The molecule has 0 spiro atoms. The molecule has 0 aliphatic carbocycles. The molecule has 0 aromatic heterocycles. The Morgan fingerprint density at radius 1 is 1.10 bits per heavy atom. The van der Waals surface area contributed by atoms with Crippen LogP contribution in [0.1, 0.15) is 45.6 Å². The number of hydrogen-bond donors (Lipinski definition) is 1. The lowest BCUT2D eigenvalue weighted by Gasteiger charge is -2.36. The summed E-state index contributed by atoms with van der Waals surface area (Å²) in [7, 11) is 0. The molecule has 1 atom stereocenters. The number of halogens is 3. The van der Waals surface area contributed by atoms with Crippen LogP contribution in [0.25, 0.3) is 0 Å². The quantitative estimate of drug-likeness (QED) is 0.768. The first-order valence-corrected chi connectivity index (χ1v) is 7.13. The van der Waals surface area contributed by atoms with Crippen molar-refractivity contribution in [2.45, 2.75) is 57.7 Å². The van der Waals surface area contributed by atoms with Crippen molar-refractivity contribution in [2.24, 2.45) is 0 Å². The van der Waals surface area contributed by atoms with Gasteiger partial charge in [-0.3, -0.25) is 0 Å². The molecule has 1 N–H and O–H groups in total. The Bertz CT molecular complexity index is 384. The normalized spacial score (nSPS) is 14.3. The van der Waals surface area contributed by atoms with Crippen LogP contribution in [-0.2, 0) is 5.41 Å². The predicted molar refractivity (Wildman–Crippen MR) is 76.8 cm³/mol. The summed E-state index contributed by atoms with van der Waals surface area (Å²) in [5, 5.41) is 3.34. The van der Waals surface area contributed by atoms with Crippen molar-refractivity contribution in [2.75, 3.05) is 6.54 Å². The lowest BCUT2D eigenvalue weighted by molar-refractivity contribution is -0.136. The Hall–Kier alpha value is -1.03. The van der Waals surface area contributed by atoms with Crippen LogP contribution in [-0.4, -0.2) is 18.8 Å². The predicted octanol–water partition coefficient (Wildman–Crippen LogP) is 4.67. The van der Waals surface area contributed by atoms with E-state index in [0.29, 0.717) is 6.42 Å². The molecule has 4 heteroatoms. The molecule has 1 unspecified atom stereocenters. The Balaban J connectivity index is 2.74. The molecule has 114 valence electrons. The van der Waals surface area contributed by atoms with Crippen molar-refractivity contribution < 1.29 is 13.2 Å². The molecule has 0 saturated heterocycles. The van der Waals surface area contributed by atoms with Crippen LogP contribution in [0.5, 0.6) is 0 Å². The minimum atomic E-state index is -4.06. The third-order valence-corrected chi connectivity index (χ3v) is 3.79. The zero-order valence-corrected chi connectivity index (χ0v) is 12.4. The molecule has 20 heavy (non-hydrogen) atoms. The highest BCUT2D eigenvalue weighted by atomic mass is 19.4. The summed E-state index contributed by atoms with van der Waals surface area (Å²) in [6.45, 7) is 6.91. The van der Waals surface area contributed by atoms with Crippen molar-refractivity contribution in [1.82, 2.24) is 5.32 Å². The van der Waals surface area contributed by atoms with E-state index in [2.05, 4.69) is 19.2 Å². The van der Waals surface area contributed by atoms with Crippen LogP contribution in [0, 0.1) is 0 Å². The fourth-order valence-electron chi connectivity index (χ4n) is 2.54. The van der Waals surface area contributed by atoms with Gasteiger partial charge in [-0.15, -0.1) is 0 Å². The summed E-state index contributed by atoms with van der Waals surface area (Å²) >= 11 is 0. The fraction of sp³-hybridized carbons (Fsp3) is 0.625. The molecule has 0 fully saturated rings. The molecular formula is C16H24F3N. The fourth-order valence-corrected chi connectivity index (χ4v) is 2.54. The standard InChI is InChI=1S/C16H24F3N/c1-4-20-14(11-8-12-16(17,18)19)15(2,3)13-9-6-5-7-10-13/h5-7,9-10,14,20H,4,8,11-12H2,1-3H3. The second kappa shape index (κ2) is 7.11. The third-order valence-electron chi connectivity index (χ3n) is 3.79. The van der Waals surface area contributed by atoms with E-state index in [-0.39, 0.29) is 17.9 Å². The summed E-state index contributed by atoms with van der Waals surface area (Å²) in [6.07, 6.45) is -4.08. The van der Waals surface area contributed by atoms with Crippen molar-refractivity contribution >= 4 is 0 Å². The molecule has 1 rings (SSSR count). The molecule has 0 amide bonds. The van der Waals surface area contributed by atoms with Crippen molar-refractivity contribution in [3.63, 3.8) is 0 Å². The van der Waals surface area contributed by atoms with Crippen LogP contribution in [0.15, 0.2) is 30.3 Å². The average Bonchev–Trinajstić information content (AvgIpc) is 2.37. The highest BCUT2D eigenvalue weighted by Crippen LogP contribution is 2.31. The largest absolute Gasteiger partial charge is 0.389 e. The first-order valence-electron chi connectivity index (χ1n) is 7.13. The number of nitrogens with one attached hydrogen (secondary N) is 1. The van der Waals surface area contributed by atoms with Crippen LogP contribution in [0.4, 0.5) is 13.2 Å². The molecule has 0 bridgehead atoms. The van der Waals surface area contributed by atoms with E-state index >= 15 is 0 Å². The van der Waals surface area contributed by atoms with Crippen LogP contribution in [0.3, 0.4) is 0 Å². The van der Waals surface area contributed by atoms with E-state index in [1.165, 1.54) is 0 Å². The summed E-state index contributed by atoms with van der Waals surface area (Å²) in [6, 6.07) is 10.00. The van der Waals surface area contributed by atoms with Gasteiger partial charge in [0.1, 0.15) is 0 Å². The van der Waals surface area contributed by atoms with E-state index in [1.807, 2.05) is 37.3 Å². The number of hydrogen-bond acceptors (Lipinski definition) is 1. The molecule has 1 nitrogen and oxygen atoms in total. The molecule has 1 aromatic carbocycles. The van der Waals surface area contributed by atoms with E-state index in [9.17, 15) is 13.2 Å². The SMILES string of the molecule is CCNC(CCCC(F)(F)F)C(C)(C)c1ccccc1. The Labute approximate surface area is 119 Å². The second-order valence-corrected chi connectivity index (χ2v) is 5.71. The Morgan fingerprint density at radius 3 is 2.20 bits per heavy atom. The van der Waals surface area contributed by atoms with E-state index in [1.54, 1.807) is 0 Å². The van der Waals surface area contributed by atoms with Gasteiger partial charge < -0.3 is 5.32 Å². The highest BCUT2D eigenvalue weighted by Gasteiger charge is 2.32. The Kier molecular flexibility index (Phi) is 6.06. The molecular weight excluding hydrogens is 263 g/mol. The topological polar surface area (TPSA) is 12.0 Å². The van der Waals surface area contributed by atoms with Crippen LogP contribution in [0.2, 0.25) is 0 Å². The maximum atomic E-state index is 12.3. The molecule has 0 heterocycles. The molecule has 0 aliphatic heterocycles. The molecule has 0 radical (unpaired) electrons. The summed E-state index contributed by atoms with van der Waals surface area (Å²) in [5.74, 6) is 0. The van der Waals surface area contributed by atoms with Crippen LogP contribution >= 0.6 is 0 Å². The van der Waals surface area contributed by atoms with Crippen molar-refractivity contribution in [3.8, 4) is 0 Å². The van der Waals surface area contributed by atoms with Gasteiger partial charge in [-0.1, -0.05) is 51.1 Å². The first kappa shape index (κ1) is 17.0. The average molecular weight is 287 g/mol. The van der Waals surface area contributed by atoms with Gasteiger partial charge in [0, 0.05) is 17.9 Å². The molecule has 0 aliphatic rings. The maximum absolute atomic E-state index is 12.3. The van der Waals surface area contributed by atoms with Gasteiger partial charge in [-0.2, -0.15) is 13.2 Å². The lowest BCUT2D eigenvalue weighted by atomic mass is 9.76. The minimum Gasteiger partial charge on any atom is -0.313 e. The van der Waals surface area contributed by atoms with Gasteiger partial charge in [0.05, 0.1) is 0 Å². The number of rotatable bonds is 7. The van der Waals surface area contributed by atoms with E-state index in [0.717, 1.165) is 12.1 Å². The van der Waals surface area contributed by atoms with Gasteiger partial charge in [-0.05, 0) is 24.9 Å². The van der Waals surface area contributed by atoms with Gasteiger partial charge in [0.2, 0.25) is 0 Å². The lowest BCUT2D eigenvalue weighted by Crippen LogP contribution is -2.44. The highest BCUT2D eigenvalue weighted by molar-refractivity contribution is 5.25. The smallest absolute Gasteiger partial charge is 0.313 e. The molecule has 0 saturated carbocycles. The van der Waals surface area contributed by atoms with Gasteiger partial charge in [0.15, 0.2) is 0 Å². The summed E-state index contributed by atoms with van der Waals surface area (Å²) < 4.78 is 36.9. The maximum Gasteiger partial charge on any atom is 0.389 e. The summed E-state index contributed by atoms with van der Waals surface area (Å²) in [5.41, 5.74) is 0.959. The van der Waals surface area contributed by atoms with Gasteiger partial charge in [-0.25, -0.2) is 0 Å².